The molecule has 0 heterocycles. The second kappa shape index (κ2) is 5.93. The van der Waals surface area contributed by atoms with E-state index >= 15 is 0 Å². The van der Waals surface area contributed by atoms with Crippen molar-refractivity contribution in [3.63, 3.8) is 0 Å². The fraction of sp³-hybridized carbons (Fsp3) is 0.133. The van der Waals surface area contributed by atoms with Crippen molar-refractivity contribution in [3.05, 3.63) is 53.6 Å². The van der Waals surface area contributed by atoms with Crippen LogP contribution in [-0.2, 0) is 9.36 Å². The number of phenols is 2. The van der Waals surface area contributed by atoms with Crippen LogP contribution in [0.25, 0.3) is 0 Å². The van der Waals surface area contributed by atoms with Gasteiger partial charge in [-0.2, -0.15) is 0 Å². The fourth-order valence-electron chi connectivity index (χ4n) is 2.37. The zero-order chi connectivity index (χ0) is 16.5. The zero-order valence-corrected chi connectivity index (χ0v) is 12.6. The van der Waals surface area contributed by atoms with Gasteiger partial charge in [-0.25, -0.2) is 0 Å². The van der Waals surface area contributed by atoms with E-state index in [1.165, 1.54) is 37.3 Å². The summed E-state index contributed by atoms with van der Waals surface area (Å²) < 4.78 is 11.7. The highest BCUT2D eigenvalue weighted by Gasteiger charge is 2.29. The van der Waals surface area contributed by atoms with Crippen LogP contribution in [0.5, 0.6) is 11.5 Å². The molecule has 0 bridgehead atoms. The zero-order valence-electron chi connectivity index (χ0n) is 11.7. The molecule has 2 aromatic carbocycles. The quantitative estimate of drug-likeness (QED) is 0.636. The van der Waals surface area contributed by atoms with E-state index in [0.717, 1.165) is 6.07 Å². The summed E-state index contributed by atoms with van der Waals surface area (Å²) in [7, 11) is -4.68. The molecule has 0 spiro atoms. The summed E-state index contributed by atoms with van der Waals surface area (Å²) >= 11 is 0. The van der Waals surface area contributed by atoms with Crippen LogP contribution >= 0.6 is 7.60 Å². The topological polar surface area (TPSA) is 115 Å². The maximum absolute atomic E-state index is 12.0. The number of aromatic hydroxyl groups is 2. The smallest absolute Gasteiger partial charge is 0.356 e. The summed E-state index contributed by atoms with van der Waals surface area (Å²) in [5.41, 5.74) is 0.511. The van der Waals surface area contributed by atoms with E-state index in [9.17, 15) is 29.4 Å². The third-order valence-electron chi connectivity index (χ3n) is 3.25. The largest absolute Gasteiger partial charge is 0.508 e. The van der Waals surface area contributed by atoms with E-state index in [-0.39, 0.29) is 22.8 Å². The number of benzene rings is 2. The molecule has 1 unspecified atom stereocenters. The maximum Gasteiger partial charge on any atom is 0.356 e. The van der Waals surface area contributed by atoms with Crippen molar-refractivity contribution in [1.29, 1.82) is 0 Å². The van der Waals surface area contributed by atoms with Crippen molar-refractivity contribution >= 4 is 18.7 Å². The van der Waals surface area contributed by atoms with Gasteiger partial charge in [0.2, 0.25) is 0 Å². The highest BCUT2D eigenvalue weighted by atomic mass is 31.2. The molecule has 1 atom stereocenters. The van der Waals surface area contributed by atoms with E-state index in [4.69, 9.17) is 0 Å². The summed E-state index contributed by atoms with van der Waals surface area (Å²) in [6, 6.07) is 9.44. The van der Waals surface area contributed by atoms with Gasteiger partial charge in [-0.1, -0.05) is 18.2 Å². The van der Waals surface area contributed by atoms with Gasteiger partial charge in [-0.15, -0.1) is 0 Å². The molecule has 0 saturated heterocycles. The minimum atomic E-state index is -4.68. The van der Waals surface area contributed by atoms with Gasteiger partial charge in [0.1, 0.15) is 17.3 Å². The third-order valence-corrected chi connectivity index (χ3v) is 4.26. The number of phenolic OH excluding ortho intramolecular Hbond substituents is 2. The normalized spacial score (nSPS) is 12.9. The minimum absolute atomic E-state index is 0.0553. The van der Waals surface area contributed by atoms with Gasteiger partial charge in [-0.3, -0.25) is 9.36 Å². The number of Topliss-reactive ketones (excluding diaryl/α,β-unsaturated/α-hetero) is 1. The minimum Gasteiger partial charge on any atom is -0.508 e. The Labute approximate surface area is 126 Å². The number of ketones is 1. The Morgan fingerprint density at radius 1 is 1.05 bits per heavy atom. The number of rotatable bonds is 4. The lowest BCUT2D eigenvalue weighted by molar-refractivity contribution is -0.117. The molecule has 0 fully saturated rings. The molecule has 2 rings (SSSR count). The fourth-order valence-corrected chi connectivity index (χ4v) is 3.21. The molecule has 4 N–H and O–H groups in total. The molecule has 0 saturated carbocycles. The number of hydrogen-bond acceptors (Lipinski definition) is 4. The van der Waals surface area contributed by atoms with Gasteiger partial charge in [-0.05, 0) is 42.3 Å². The van der Waals surface area contributed by atoms with Gasteiger partial charge < -0.3 is 20.0 Å². The van der Waals surface area contributed by atoms with E-state index in [2.05, 4.69) is 0 Å². The monoisotopic (exact) mass is 322 g/mol. The Balaban J connectivity index is 2.70. The average molecular weight is 322 g/mol. The Bertz CT molecular complexity index is 764. The Hall–Kier alpha value is -2.14. The third kappa shape index (κ3) is 3.36. The van der Waals surface area contributed by atoms with Crippen LogP contribution in [0.15, 0.2) is 42.5 Å². The van der Waals surface area contributed by atoms with E-state index in [1.807, 2.05) is 0 Å². The highest BCUT2D eigenvalue weighted by Crippen LogP contribution is 2.40. The Morgan fingerprint density at radius 2 is 1.68 bits per heavy atom. The maximum atomic E-state index is 12.0. The second-order valence-electron chi connectivity index (χ2n) is 4.93. The van der Waals surface area contributed by atoms with E-state index < -0.39 is 18.8 Å². The predicted octanol–water partition coefficient (Wildman–Crippen LogP) is 1.62. The van der Waals surface area contributed by atoms with Crippen LogP contribution in [0.3, 0.4) is 0 Å². The molecule has 0 aliphatic carbocycles. The van der Waals surface area contributed by atoms with Gasteiger partial charge in [0.05, 0.1) is 11.2 Å². The molecule has 0 aromatic heterocycles. The SMILES string of the molecule is CC(=O)C(c1cccc(O)c1)c1ccc(O)cc1P(=O)(O)O. The Kier molecular flexibility index (Phi) is 4.37. The van der Waals surface area contributed by atoms with Crippen molar-refractivity contribution in [2.75, 3.05) is 0 Å². The first-order chi connectivity index (χ1) is 10.2. The van der Waals surface area contributed by atoms with Crippen LogP contribution < -0.4 is 5.30 Å². The van der Waals surface area contributed by atoms with E-state index in [0.29, 0.717) is 5.56 Å². The number of carbonyl (C=O) groups is 1. The highest BCUT2D eigenvalue weighted by molar-refractivity contribution is 7.60. The Morgan fingerprint density at radius 3 is 2.23 bits per heavy atom. The molecule has 0 aliphatic heterocycles. The summed E-state index contributed by atoms with van der Waals surface area (Å²) in [5.74, 6) is -1.65. The van der Waals surface area contributed by atoms with Crippen LogP contribution in [0.1, 0.15) is 24.0 Å². The predicted molar refractivity (Wildman–Crippen MR) is 80.4 cm³/mol. The lowest BCUT2D eigenvalue weighted by atomic mass is 9.88. The molecule has 0 amide bonds. The van der Waals surface area contributed by atoms with Crippen molar-refractivity contribution in [1.82, 2.24) is 0 Å². The molecule has 7 heteroatoms. The van der Waals surface area contributed by atoms with Crippen molar-refractivity contribution < 1.29 is 29.4 Å². The van der Waals surface area contributed by atoms with Crippen LogP contribution in [0.4, 0.5) is 0 Å². The van der Waals surface area contributed by atoms with Gasteiger partial charge >= 0.3 is 7.60 Å². The molecule has 6 nitrogen and oxygen atoms in total. The first-order valence-electron chi connectivity index (χ1n) is 6.38. The van der Waals surface area contributed by atoms with Gasteiger partial charge in [0.15, 0.2) is 0 Å². The van der Waals surface area contributed by atoms with Gasteiger partial charge in [0, 0.05) is 0 Å². The summed E-state index contributed by atoms with van der Waals surface area (Å²) in [5, 5.41) is 18.6. The molecular formula is C15H15O6P. The lowest BCUT2D eigenvalue weighted by Gasteiger charge is -2.19. The first-order valence-corrected chi connectivity index (χ1v) is 8.00. The average Bonchev–Trinajstić information content (AvgIpc) is 2.39. The standard InChI is InChI=1S/C15H15O6P/c1-9(16)15(10-3-2-4-11(17)7-10)13-6-5-12(18)8-14(13)22(19,20)21/h2-8,15,17-18H,1H3,(H2,19,20,21). The molecule has 22 heavy (non-hydrogen) atoms. The van der Waals surface area contributed by atoms with Crippen molar-refractivity contribution in [3.8, 4) is 11.5 Å². The summed E-state index contributed by atoms with van der Waals surface area (Å²) in [6.45, 7) is 1.30. The first kappa shape index (κ1) is 16.2. The summed E-state index contributed by atoms with van der Waals surface area (Å²) in [6.07, 6.45) is 0. The molecule has 2 aromatic rings. The summed E-state index contributed by atoms with van der Waals surface area (Å²) in [4.78, 5) is 31.0. The van der Waals surface area contributed by atoms with Crippen LogP contribution in [0, 0.1) is 0 Å². The van der Waals surface area contributed by atoms with Crippen LogP contribution in [0.2, 0.25) is 0 Å². The number of hydrogen-bond donors (Lipinski definition) is 4. The molecule has 0 radical (unpaired) electrons. The van der Waals surface area contributed by atoms with Crippen molar-refractivity contribution in [2.45, 2.75) is 12.8 Å². The molecule has 0 aliphatic rings. The lowest BCUT2D eigenvalue weighted by Crippen LogP contribution is -2.20. The second-order valence-corrected chi connectivity index (χ2v) is 6.50. The molecular weight excluding hydrogens is 307 g/mol. The van der Waals surface area contributed by atoms with E-state index in [1.54, 1.807) is 6.07 Å². The van der Waals surface area contributed by atoms with Crippen LogP contribution in [-0.4, -0.2) is 25.8 Å². The van der Waals surface area contributed by atoms with Gasteiger partial charge in [0.25, 0.3) is 0 Å². The van der Waals surface area contributed by atoms with Crippen molar-refractivity contribution in [2.24, 2.45) is 0 Å². The number of carbonyl (C=O) groups excluding carboxylic acids is 1. The molecule has 116 valence electrons.